The number of hydrogen-bond acceptors (Lipinski definition) is 15. The number of ether oxygens (including phenoxy) is 5. The summed E-state index contributed by atoms with van der Waals surface area (Å²) in [5, 5.41) is 23.0. The average Bonchev–Trinajstić information content (AvgIpc) is 3.69. The van der Waals surface area contributed by atoms with Gasteiger partial charge >= 0.3 is 173 Å². The number of halogens is 1. The molecule has 0 bridgehead atoms. The monoisotopic (exact) mass is 989 g/mol. The van der Waals surface area contributed by atoms with E-state index in [1.807, 2.05) is 13.8 Å². The van der Waals surface area contributed by atoms with E-state index >= 15 is 0 Å². The quantitative estimate of drug-likeness (QED) is 0.0688. The number of benzene rings is 3. The third kappa shape index (κ3) is 6.31. The van der Waals surface area contributed by atoms with Crippen LogP contribution in [0.25, 0.3) is 21.7 Å². The third-order valence-corrected chi connectivity index (χ3v) is 18.7. The second kappa shape index (κ2) is 14.7. The van der Waals surface area contributed by atoms with Crippen LogP contribution in [-0.2, 0) is 35.0 Å². The average molecular weight is 990 g/mol. The first-order valence-electron chi connectivity index (χ1n) is 21.2. The molecular formula is C47H44INO15. The molecule has 3 aromatic carbocycles. The molecule has 16 nitrogen and oxygen atoms in total. The Morgan fingerprint density at radius 3 is 2.39 bits per heavy atom. The summed E-state index contributed by atoms with van der Waals surface area (Å²) >= 11 is -1.95. The molecule has 334 valence electrons. The fraction of sp³-hybridized carbons (Fsp3) is 0.426. The summed E-state index contributed by atoms with van der Waals surface area (Å²) in [5.74, 6) is -5.21. The number of hydrogen-bond donors (Lipinski definition) is 2. The maximum absolute atomic E-state index is 14.6. The van der Waals surface area contributed by atoms with Gasteiger partial charge in [0, 0.05) is 22.9 Å². The van der Waals surface area contributed by atoms with Crippen molar-refractivity contribution >= 4 is 74.9 Å². The number of rotatable bonds is 9. The van der Waals surface area contributed by atoms with Crippen LogP contribution in [0.4, 0.5) is 4.79 Å². The summed E-state index contributed by atoms with van der Waals surface area (Å²) < 4.78 is 37.4. The van der Waals surface area contributed by atoms with E-state index in [0.29, 0.717) is 12.0 Å². The molecule has 64 heavy (non-hydrogen) atoms. The number of esters is 2. The van der Waals surface area contributed by atoms with Gasteiger partial charge in [-0.15, -0.1) is 0 Å². The number of fused-ring (bicyclic) bond motifs is 7. The first kappa shape index (κ1) is 42.3. The molecule has 0 spiro atoms. The number of aliphatic hydroxyl groups excluding tert-OH is 1. The Morgan fingerprint density at radius 2 is 1.70 bits per heavy atom. The predicted octanol–water partition coefficient (Wildman–Crippen LogP) is 6.59. The van der Waals surface area contributed by atoms with E-state index in [-0.39, 0.29) is 66.9 Å². The van der Waals surface area contributed by atoms with Gasteiger partial charge in [-0.25, -0.2) is 4.79 Å². The number of carbonyl (C=O) groups excluding carboxylic acids is 6. The van der Waals surface area contributed by atoms with Gasteiger partial charge in [0.15, 0.2) is 17.0 Å². The van der Waals surface area contributed by atoms with Gasteiger partial charge in [-0.2, -0.15) is 0 Å². The van der Waals surface area contributed by atoms with Crippen LogP contribution in [0.1, 0.15) is 115 Å². The molecule has 2 fully saturated rings. The number of nitrogens with zero attached hydrogens (tertiary/aromatic N) is 1. The molecule has 0 radical (unpaired) electrons. The zero-order valence-electron chi connectivity index (χ0n) is 35.7. The van der Waals surface area contributed by atoms with E-state index in [9.17, 15) is 43.8 Å². The topological polar surface area (TPSA) is 222 Å². The first-order chi connectivity index (χ1) is 30.3. The molecule has 7 unspecified atom stereocenters. The van der Waals surface area contributed by atoms with Gasteiger partial charge in [0.05, 0.1) is 11.5 Å². The van der Waals surface area contributed by atoms with Crippen LogP contribution in [0.15, 0.2) is 52.8 Å². The number of aromatic hydroxyl groups is 1. The van der Waals surface area contributed by atoms with E-state index in [1.54, 1.807) is 26.8 Å². The summed E-state index contributed by atoms with van der Waals surface area (Å²) in [6.07, 6.45) is -1.30. The molecule has 1 aromatic heterocycles. The third-order valence-electron chi connectivity index (χ3n) is 13.1. The fourth-order valence-electron chi connectivity index (χ4n) is 9.92. The number of carbonyl (C=O) groups is 6. The van der Waals surface area contributed by atoms with E-state index in [2.05, 4.69) is 0 Å². The van der Waals surface area contributed by atoms with Gasteiger partial charge in [0.1, 0.15) is 12.4 Å². The van der Waals surface area contributed by atoms with Crippen LogP contribution in [0.3, 0.4) is 0 Å². The van der Waals surface area contributed by atoms with Crippen LogP contribution < -0.4 is 10.2 Å². The maximum atomic E-state index is 14.6. The van der Waals surface area contributed by atoms with Gasteiger partial charge < -0.3 is 14.6 Å². The molecule has 4 aliphatic heterocycles. The van der Waals surface area contributed by atoms with Crippen molar-refractivity contribution in [3.63, 3.8) is 0 Å². The Balaban J connectivity index is 0.950. The second-order valence-corrected chi connectivity index (χ2v) is 23.3. The van der Waals surface area contributed by atoms with Gasteiger partial charge in [-0.05, 0) is 49.3 Å². The SMILES string of the molecule is CC(C)CC(C)C(=O)OCC1(C)C(=O)OC2(C)Cc3cc4ccc5c(c4c(O)c3C(=O)N21)C(=O)c1c(oc2ccc(OC3CC(O)C(OC(=O)I4C6=C4CC6)C(C)O3)cc2c1=O)C5=O. The van der Waals surface area contributed by atoms with E-state index in [4.69, 9.17) is 28.1 Å². The van der Waals surface area contributed by atoms with Crippen LogP contribution in [0.5, 0.6) is 11.5 Å². The van der Waals surface area contributed by atoms with Crippen molar-refractivity contribution in [2.75, 3.05) is 6.61 Å². The van der Waals surface area contributed by atoms with E-state index < -0.39 is 120 Å². The Labute approximate surface area is 372 Å². The molecule has 2 aliphatic carbocycles. The molecule has 0 saturated carbocycles. The van der Waals surface area contributed by atoms with E-state index in [1.165, 1.54) is 44.4 Å². The van der Waals surface area contributed by atoms with Gasteiger partial charge in [-0.3, -0.25) is 24.1 Å². The Hall–Kier alpha value is -5.66. The van der Waals surface area contributed by atoms with Crippen molar-refractivity contribution in [2.24, 2.45) is 11.8 Å². The van der Waals surface area contributed by atoms with Crippen molar-refractivity contribution in [3.05, 3.63) is 87.4 Å². The molecule has 10 rings (SSSR count). The van der Waals surface area contributed by atoms with Crippen molar-refractivity contribution in [2.45, 2.75) is 110 Å². The van der Waals surface area contributed by atoms with E-state index in [0.717, 1.165) is 17.7 Å². The van der Waals surface area contributed by atoms with Crippen molar-refractivity contribution < 1.29 is 67.1 Å². The zero-order chi connectivity index (χ0) is 45.5. The predicted molar refractivity (Wildman–Crippen MR) is 233 cm³/mol. The fourth-order valence-corrected chi connectivity index (χ4v) is 15.5. The number of allylic oxidation sites excluding steroid dienone is 2. The first-order valence-corrected chi connectivity index (χ1v) is 24.4. The molecule has 2 N–H and O–H groups in total. The number of phenols is 1. The summed E-state index contributed by atoms with van der Waals surface area (Å²) in [6, 6.07) is 8.67. The van der Waals surface area contributed by atoms with Crippen molar-refractivity contribution in [1.82, 2.24) is 4.90 Å². The number of aliphatic hydroxyl groups is 1. The molecule has 4 aromatic rings. The summed E-state index contributed by atoms with van der Waals surface area (Å²) in [7, 11) is 0. The normalized spacial score (nSPS) is 27.6. The zero-order valence-corrected chi connectivity index (χ0v) is 37.9. The summed E-state index contributed by atoms with van der Waals surface area (Å²) in [6.45, 7) is 9.76. The standard InChI is InChI=1S/C47H44INO15/c1-19(2)13-20(3)43(56)59-18-46(5)44(57)64-47(6)17-23-14-22-7-9-25-34(32(22)38(53)33(23)42(55)49(46)47)39(54)35-36(51)26-15-24(8-12-30(26)62-41(35)37(25)52)61-31-16-29(50)40(21(4)60-31)63-45(58)48-27-10-11-28(27)48/h7-9,12,14-15,19-21,29,31,40,50,53H,10-11,13,16-18H2,1-6H3. The minimum absolute atomic E-state index is 0.0167. The van der Waals surface area contributed by atoms with Crippen LogP contribution in [0, 0.1) is 11.8 Å². The molecule has 5 heterocycles. The van der Waals surface area contributed by atoms with Gasteiger partial charge in [0.25, 0.3) is 5.91 Å². The summed E-state index contributed by atoms with van der Waals surface area (Å²) in [5.41, 5.74) is -5.20. The minimum atomic E-state index is -1.95. The van der Waals surface area contributed by atoms with Crippen LogP contribution in [0.2, 0.25) is 0 Å². The smallest absolute Gasteiger partial charge is 0.285 e. The minimum Gasteiger partial charge on any atom is -0.285 e. The molecule has 6 aliphatic rings. The van der Waals surface area contributed by atoms with Gasteiger partial charge in [0.2, 0.25) is 11.6 Å². The number of amides is 1. The molecule has 17 heteroatoms. The van der Waals surface area contributed by atoms with Crippen molar-refractivity contribution in [1.29, 1.82) is 0 Å². The Morgan fingerprint density at radius 1 is 0.969 bits per heavy atom. The molecule has 1 amide bonds. The molecule has 2 saturated heterocycles. The van der Waals surface area contributed by atoms with Crippen molar-refractivity contribution in [3.8, 4) is 11.5 Å². The summed E-state index contributed by atoms with van der Waals surface area (Å²) in [4.78, 5) is 98.0. The second-order valence-electron chi connectivity index (χ2n) is 18.2. The van der Waals surface area contributed by atoms with Gasteiger partial charge in [-0.1, -0.05) is 26.8 Å². The molecule has 7 atom stereocenters. The number of ketones is 2. The Bertz CT molecular complexity index is 2910. The Kier molecular flexibility index (Phi) is 9.70. The molecular weight excluding hydrogens is 945 g/mol. The van der Waals surface area contributed by atoms with Crippen LogP contribution >= 0.6 is 19.8 Å². The number of phenolic OH excluding ortho intramolecular Hbond substituents is 1. The van der Waals surface area contributed by atoms with Crippen LogP contribution in [-0.4, -0.2) is 91.0 Å².